The molecule has 5 heteroatoms. The van der Waals surface area contributed by atoms with Crippen LogP contribution in [0.4, 0.5) is 5.13 Å². The number of carbonyl (C=O) groups excluding carboxylic acids is 1. The molecule has 1 saturated carbocycles. The first-order chi connectivity index (χ1) is 12.6. The molecule has 2 N–H and O–H groups in total. The second-order valence-electron chi connectivity index (χ2n) is 8.12. The van der Waals surface area contributed by atoms with Crippen molar-refractivity contribution in [1.29, 1.82) is 0 Å². The monoisotopic (exact) mass is 367 g/mol. The maximum atomic E-state index is 12.7. The average Bonchev–Trinajstić information content (AvgIpc) is 2.98. The third-order valence-corrected chi connectivity index (χ3v) is 7.39. The Bertz CT molecular complexity index is 866. The Morgan fingerprint density at radius 2 is 2.08 bits per heavy atom. The number of nitrogens with one attached hydrogen (secondary N) is 2. The largest absolute Gasteiger partial charge is 0.317 e. The van der Waals surface area contributed by atoms with Gasteiger partial charge in [0, 0.05) is 16.4 Å². The number of nitrogens with zero attached hydrogens (tertiary/aromatic N) is 1. The van der Waals surface area contributed by atoms with Crippen LogP contribution in [0.1, 0.15) is 41.7 Å². The van der Waals surface area contributed by atoms with Gasteiger partial charge in [-0.05, 0) is 81.1 Å². The predicted molar refractivity (Wildman–Crippen MR) is 106 cm³/mol. The fourth-order valence-electron chi connectivity index (χ4n) is 4.82. The third kappa shape index (κ3) is 2.78. The number of thiazole rings is 1. The van der Waals surface area contributed by atoms with Crippen molar-refractivity contribution < 1.29 is 4.79 Å². The zero-order valence-corrected chi connectivity index (χ0v) is 16.0. The van der Waals surface area contributed by atoms with E-state index in [1.165, 1.54) is 40.8 Å². The second-order valence-corrected chi connectivity index (χ2v) is 9.32. The highest BCUT2D eigenvalue weighted by Crippen LogP contribution is 2.58. The molecular formula is C21H25N3OS. The molecule has 4 nitrogen and oxygen atoms in total. The Balaban J connectivity index is 1.32. The van der Waals surface area contributed by atoms with E-state index >= 15 is 0 Å². The Labute approximate surface area is 158 Å². The van der Waals surface area contributed by atoms with Crippen LogP contribution >= 0.6 is 11.3 Å². The van der Waals surface area contributed by atoms with Crippen LogP contribution in [0.15, 0.2) is 18.2 Å². The zero-order valence-electron chi connectivity index (χ0n) is 15.2. The lowest BCUT2D eigenvalue weighted by atomic mass is 9.92. The van der Waals surface area contributed by atoms with Gasteiger partial charge in [0.05, 0.1) is 5.69 Å². The Morgan fingerprint density at radius 1 is 1.27 bits per heavy atom. The van der Waals surface area contributed by atoms with Gasteiger partial charge in [-0.3, -0.25) is 4.79 Å². The average molecular weight is 368 g/mol. The molecule has 2 fully saturated rings. The van der Waals surface area contributed by atoms with Crippen molar-refractivity contribution >= 4 is 22.4 Å². The highest BCUT2D eigenvalue weighted by Gasteiger charge is 2.57. The summed E-state index contributed by atoms with van der Waals surface area (Å²) >= 11 is 1.60. The van der Waals surface area contributed by atoms with Crippen molar-refractivity contribution in [2.45, 2.75) is 45.4 Å². The van der Waals surface area contributed by atoms with E-state index in [9.17, 15) is 4.79 Å². The minimum atomic E-state index is 0.168. The van der Waals surface area contributed by atoms with E-state index in [0.717, 1.165) is 43.2 Å². The fraction of sp³-hybridized carbons (Fsp3) is 0.524. The molecule has 3 aliphatic rings. The number of aryl methyl sites for hydroxylation is 3. The molecule has 1 amide bonds. The summed E-state index contributed by atoms with van der Waals surface area (Å²) in [6.07, 6.45) is 6.93. The van der Waals surface area contributed by atoms with Crippen LogP contribution in [-0.2, 0) is 17.6 Å². The molecule has 1 aliphatic heterocycles. The van der Waals surface area contributed by atoms with Crippen molar-refractivity contribution in [2.24, 2.45) is 11.3 Å². The number of piperidine rings is 1. The lowest BCUT2D eigenvalue weighted by molar-refractivity contribution is -0.118. The summed E-state index contributed by atoms with van der Waals surface area (Å²) in [5.41, 5.74) is 5.42. The normalized spacial score (nSPS) is 23.0. The molecule has 1 spiro atoms. The van der Waals surface area contributed by atoms with E-state index in [4.69, 9.17) is 4.98 Å². The molecule has 5 rings (SSSR count). The smallest absolute Gasteiger partial charge is 0.229 e. The Hall–Kier alpha value is -1.72. The number of hydrogen-bond donors (Lipinski definition) is 2. The molecule has 0 radical (unpaired) electrons. The van der Waals surface area contributed by atoms with E-state index in [2.05, 4.69) is 35.8 Å². The van der Waals surface area contributed by atoms with Crippen molar-refractivity contribution in [3.05, 3.63) is 34.2 Å². The van der Waals surface area contributed by atoms with Crippen LogP contribution in [0.5, 0.6) is 0 Å². The fourth-order valence-corrected chi connectivity index (χ4v) is 5.66. The summed E-state index contributed by atoms with van der Waals surface area (Å²) in [4.78, 5) is 18.6. The van der Waals surface area contributed by atoms with E-state index in [1.54, 1.807) is 11.3 Å². The first kappa shape index (κ1) is 16.5. The number of anilines is 1. The standard InChI is InChI=1S/C21H25N3OS/c1-13-18(16-6-5-14-3-2-4-15(14)11-16)23-20(26-13)24-19(25)17-12-21(17)7-9-22-10-8-21/h5-6,11,17,22H,2-4,7-10,12H2,1H3,(H,23,24,25). The van der Waals surface area contributed by atoms with Gasteiger partial charge in [-0.2, -0.15) is 0 Å². The molecule has 1 aromatic carbocycles. The SMILES string of the molecule is Cc1sc(NC(=O)C2CC23CCNCC3)nc1-c1ccc2c(c1)CCC2. The van der Waals surface area contributed by atoms with Crippen molar-refractivity contribution in [3.63, 3.8) is 0 Å². The Morgan fingerprint density at radius 3 is 2.92 bits per heavy atom. The van der Waals surface area contributed by atoms with Crippen molar-refractivity contribution in [2.75, 3.05) is 18.4 Å². The molecule has 0 bridgehead atoms. The highest BCUT2D eigenvalue weighted by molar-refractivity contribution is 7.16. The maximum absolute atomic E-state index is 12.7. The number of hydrogen-bond acceptors (Lipinski definition) is 4. The highest BCUT2D eigenvalue weighted by atomic mass is 32.1. The van der Waals surface area contributed by atoms with Crippen LogP contribution in [0.25, 0.3) is 11.3 Å². The van der Waals surface area contributed by atoms with Crippen LogP contribution in [0.3, 0.4) is 0 Å². The number of benzene rings is 1. The molecule has 2 aliphatic carbocycles. The number of amides is 1. The lowest BCUT2D eigenvalue weighted by Crippen LogP contribution is -2.31. The molecule has 1 saturated heterocycles. The van der Waals surface area contributed by atoms with Gasteiger partial charge in [0.1, 0.15) is 0 Å². The molecule has 1 unspecified atom stereocenters. The van der Waals surface area contributed by atoms with Gasteiger partial charge in [0.2, 0.25) is 5.91 Å². The third-order valence-electron chi connectivity index (χ3n) is 6.50. The van der Waals surface area contributed by atoms with Gasteiger partial charge in [0.15, 0.2) is 5.13 Å². The summed E-state index contributed by atoms with van der Waals surface area (Å²) in [5, 5.41) is 7.25. The summed E-state index contributed by atoms with van der Waals surface area (Å²) in [5.74, 6) is 0.346. The molecule has 2 heterocycles. The molecular weight excluding hydrogens is 342 g/mol. The minimum absolute atomic E-state index is 0.168. The van der Waals surface area contributed by atoms with Gasteiger partial charge in [0.25, 0.3) is 0 Å². The Kier molecular flexibility index (Phi) is 3.90. The van der Waals surface area contributed by atoms with Gasteiger partial charge < -0.3 is 10.6 Å². The number of aromatic nitrogens is 1. The van der Waals surface area contributed by atoms with Crippen LogP contribution in [-0.4, -0.2) is 24.0 Å². The second kappa shape index (κ2) is 6.17. The van der Waals surface area contributed by atoms with E-state index < -0.39 is 0 Å². The minimum Gasteiger partial charge on any atom is -0.317 e. The summed E-state index contributed by atoms with van der Waals surface area (Å²) in [6.45, 7) is 4.19. The number of carbonyl (C=O) groups is 1. The van der Waals surface area contributed by atoms with Gasteiger partial charge in [-0.25, -0.2) is 4.98 Å². The summed E-state index contributed by atoms with van der Waals surface area (Å²) in [7, 11) is 0. The summed E-state index contributed by atoms with van der Waals surface area (Å²) in [6, 6.07) is 6.73. The van der Waals surface area contributed by atoms with Gasteiger partial charge in [-0.1, -0.05) is 12.1 Å². The van der Waals surface area contributed by atoms with Gasteiger partial charge in [-0.15, -0.1) is 11.3 Å². The molecule has 1 aromatic heterocycles. The zero-order chi connectivity index (χ0) is 17.7. The first-order valence-corrected chi connectivity index (χ1v) is 10.6. The van der Waals surface area contributed by atoms with Crippen LogP contribution in [0.2, 0.25) is 0 Å². The number of fused-ring (bicyclic) bond motifs is 1. The van der Waals surface area contributed by atoms with Crippen LogP contribution in [0, 0.1) is 18.3 Å². The predicted octanol–water partition coefficient (Wildman–Crippen LogP) is 3.94. The molecule has 136 valence electrons. The quantitative estimate of drug-likeness (QED) is 0.864. The van der Waals surface area contributed by atoms with E-state index in [1.807, 2.05) is 0 Å². The van der Waals surface area contributed by atoms with Crippen LogP contribution < -0.4 is 10.6 Å². The molecule has 1 atom stereocenters. The maximum Gasteiger partial charge on any atom is 0.229 e. The lowest BCUT2D eigenvalue weighted by Gasteiger charge is -2.22. The molecule has 2 aromatic rings. The number of rotatable bonds is 3. The topological polar surface area (TPSA) is 54.0 Å². The van der Waals surface area contributed by atoms with Crippen molar-refractivity contribution in [1.82, 2.24) is 10.3 Å². The molecule has 26 heavy (non-hydrogen) atoms. The van der Waals surface area contributed by atoms with Gasteiger partial charge >= 0.3 is 0 Å². The first-order valence-electron chi connectivity index (χ1n) is 9.76. The van der Waals surface area contributed by atoms with E-state index in [0.29, 0.717) is 0 Å². The van der Waals surface area contributed by atoms with E-state index in [-0.39, 0.29) is 17.2 Å². The summed E-state index contributed by atoms with van der Waals surface area (Å²) < 4.78 is 0. The van der Waals surface area contributed by atoms with Crippen molar-refractivity contribution in [3.8, 4) is 11.3 Å².